The van der Waals surface area contributed by atoms with Crippen LogP contribution in [-0.4, -0.2) is 18.1 Å². The largest absolute Gasteiger partial charge is 0.462 e. The minimum absolute atomic E-state index is 0.0261. The van der Waals surface area contributed by atoms with Crippen LogP contribution in [0.4, 0.5) is 0 Å². The molecule has 2 unspecified atom stereocenters. The molecular weight excluding hydrogens is 178 g/mol. The van der Waals surface area contributed by atoms with Crippen LogP contribution in [0.2, 0.25) is 0 Å². The summed E-state index contributed by atoms with van der Waals surface area (Å²) in [4.78, 5) is 11.4. The van der Waals surface area contributed by atoms with Gasteiger partial charge in [0.25, 0.3) is 0 Å². The van der Waals surface area contributed by atoms with Crippen LogP contribution in [0.3, 0.4) is 0 Å². The first-order valence-corrected chi connectivity index (χ1v) is 5.29. The molecule has 2 atom stereocenters. The molecule has 0 spiro atoms. The predicted octanol–water partition coefficient (Wildman–Crippen LogP) is 1.95. The average molecular weight is 201 g/mol. The number of rotatable bonds is 5. The Bertz CT molecular complexity index is 160. The van der Waals surface area contributed by atoms with Crippen molar-refractivity contribution < 1.29 is 9.53 Å². The smallest absolute Gasteiger partial charge is 0.307 e. The van der Waals surface area contributed by atoms with Crippen molar-refractivity contribution in [1.82, 2.24) is 0 Å². The number of nitrogens with two attached hydrogens (primary N) is 1. The molecule has 0 aliphatic rings. The molecule has 0 radical (unpaired) electrons. The lowest BCUT2D eigenvalue weighted by molar-refractivity contribution is -0.150. The van der Waals surface area contributed by atoms with Gasteiger partial charge in [-0.3, -0.25) is 4.79 Å². The second-order valence-electron chi connectivity index (χ2n) is 4.55. The van der Waals surface area contributed by atoms with Crippen LogP contribution < -0.4 is 5.73 Å². The normalized spacial score (nSPS) is 15.7. The monoisotopic (exact) mass is 201 g/mol. The molecule has 0 fully saturated rings. The van der Waals surface area contributed by atoms with Gasteiger partial charge in [-0.05, 0) is 18.8 Å². The molecule has 0 aromatic rings. The molecule has 0 rings (SSSR count). The highest BCUT2D eigenvalue weighted by atomic mass is 16.5. The maximum absolute atomic E-state index is 11.4. The first-order chi connectivity index (χ1) is 6.34. The van der Waals surface area contributed by atoms with E-state index in [1.165, 1.54) is 0 Å². The van der Waals surface area contributed by atoms with E-state index in [9.17, 15) is 4.79 Å². The summed E-state index contributed by atoms with van der Waals surface area (Å²) >= 11 is 0. The Morgan fingerprint density at radius 2 is 1.64 bits per heavy atom. The van der Waals surface area contributed by atoms with Crippen LogP contribution in [0.5, 0.6) is 0 Å². The van der Waals surface area contributed by atoms with E-state index in [-0.39, 0.29) is 18.1 Å². The van der Waals surface area contributed by atoms with Crippen LogP contribution in [0, 0.1) is 11.8 Å². The van der Waals surface area contributed by atoms with E-state index < -0.39 is 0 Å². The van der Waals surface area contributed by atoms with Crippen molar-refractivity contribution >= 4 is 5.97 Å². The third-order valence-electron chi connectivity index (χ3n) is 2.51. The summed E-state index contributed by atoms with van der Waals surface area (Å²) in [6.07, 6.45) is 0.288. The van der Waals surface area contributed by atoms with E-state index in [2.05, 4.69) is 0 Å². The van der Waals surface area contributed by atoms with Crippen molar-refractivity contribution in [2.24, 2.45) is 17.6 Å². The zero-order valence-electron chi connectivity index (χ0n) is 9.91. The standard InChI is InChI=1S/C11H23NO2/c1-7(2)9(5)14-11(13)6-10(12)8(3)4/h7-10H,6,12H2,1-5H3. The van der Waals surface area contributed by atoms with E-state index in [4.69, 9.17) is 10.5 Å². The van der Waals surface area contributed by atoms with Crippen LogP contribution in [-0.2, 0) is 9.53 Å². The molecule has 0 bridgehead atoms. The molecule has 84 valence electrons. The average Bonchev–Trinajstić information content (AvgIpc) is 2.03. The van der Waals surface area contributed by atoms with Crippen molar-refractivity contribution in [3.05, 3.63) is 0 Å². The van der Waals surface area contributed by atoms with Gasteiger partial charge in [0.2, 0.25) is 0 Å². The molecule has 0 aromatic heterocycles. The number of carbonyl (C=O) groups is 1. The van der Waals surface area contributed by atoms with Gasteiger partial charge in [0.1, 0.15) is 6.10 Å². The van der Waals surface area contributed by atoms with E-state index in [1.54, 1.807) is 0 Å². The first-order valence-electron chi connectivity index (χ1n) is 5.29. The molecule has 0 aromatic carbocycles. The van der Waals surface area contributed by atoms with Crippen molar-refractivity contribution in [2.75, 3.05) is 0 Å². The van der Waals surface area contributed by atoms with Crippen molar-refractivity contribution in [3.63, 3.8) is 0 Å². The van der Waals surface area contributed by atoms with Gasteiger partial charge in [-0.15, -0.1) is 0 Å². The summed E-state index contributed by atoms with van der Waals surface area (Å²) < 4.78 is 5.21. The van der Waals surface area contributed by atoms with E-state index in [0.29, 0.717) is 18.3 Å². The fourth-order valence-corrected chi connectivity index (χ4v) is 0.820. The van der Waals surface area contributed by atoms with Crippen molar-refractivity contribution in [2.45, 2.75) is 53.2 Å². The Labute approximate surface area is 87.0 Å². The lowest BCUT2D eigenvalue weighted by Gasteiger charge is -2.19. The van der Waals surface area contributed by atoms with Gasteiger partial charge in [-0.25, -0.2) is 0 Å². The Morgan fingerprint density at radius 1 is 1.14 bits per heavy atom. The van der Waals surface area contributed by atoms with Crippen molar-refractivity contribution in [1.29, 1.82) is 0 Å². The molecule has 2 N–H and O–H groups in total. The van der Waals surface area contributed by atoms with Gasteiger partial charge < -0.3 is 10.5 Å². The lowest BCUT2D eigenvalue weighted by Crippen LogP contribution is -2.31. The van der Waals surface area contributed by atoms with Gasteiger partial charge >= 0.3 is 5.97 Å². The number of hydrogen-bond acceptors (Lipinski definition) is 3. The highest BCUT2D eigenvalue weighted by Gasteiger charge is 2.17. The third-order valence-corrected chi connectivity index (χ3v) is 2.51. The number of hydrogen-bond donors (Lipinski definition) is 1. The molecule has 0 aliphatic carbocycles. The van der Waals surface area contributed by atoms with Crippen molar-refractivity contribution in [3.8, 4) is 0 Å². The summed E-state index contributed by atoms with van der Waals surface area (Å²) in [5.41, 5.74) is 5.77. The zero-order chi connectivity index (χ0) is 11.3. The predicted molar refractivity (Wildman–Crippen MR) is 57.8 cm³/mol. The molecule has 14 heavy (non-hydrogen) atoms. The van der Waals surface area contributed by atoms with Gasteiger partial charge in [0.05, 0.1) is 6.42 Å². The minimum Gasteiger partial charge on any atom is -0.462 e. The summed E-state index contributed by atoms with van der Waals surface area (Å²) in [5.74, 6) is 0.485. The third kappa shape index (κ3) is 5.22. The molecule has 3 nitrogen and oxygen atoms in total. The Kier molecular flexibility index (Phi) is 5.77. The van der Waals surface area contributed by atoms with Crippen LogP contribution >= 0.6 is 0 Å². The Balaban J connectivity index is 3.87. The van der Waals surface area contributed by atoms with Gasteiger partial charge in [0.15, 0.2) is 0 Å². The summed E-state index contributed by atoms with van der Waals surface area (Å²) in [6.45, 7) is 9.97. The lowest BCUT2D eigenvalue weighted by atomic mass is 10.0. The SMILES string of the molecule is CC(C)C(N)CC(=O)OC(C)C(C)C. The van der Waals surface area contributed by atoms with E-state index in [1.807, 2.05) is 34.6 Å². The first kappa shape index (κ1) is 13.4. The molecule has 0 saturated heterocycles. The fraction of sp³-hybridized carbons (Fsp3) is 0.909. The number of ether oxygens (including phenoxy) is 1. The second-order valence-corrected chi connectivity index (χ2v) is 4.55. The molecule has 3 heteroatoms. The summed E-state index contributed by atoms with van der Waals surface area (Å²) in [7, 11) is 0. The molecule has 0 aliphatic heterocycles. The maximum Gasteiger partial charge on any atom is 0.307 e. The van der Waals surface area contributed by atoms with Crippen LogP contribution in [0.15, 0.2) is 0 Å². The maximum atomic E-state index is 11.4. The number of esters is 1. The minimum atomic E-state index is -0.188. The van der Waals surface area contributed by atoms with Gasteiger partial charge in [-0.1, -0.05) is 27.7 Å². The Morgan fingerprint density at radius 3 is 2.00 bits per heavy atom. The quantitative estimate of drug-likeness (QED) is 0.692. The topological polar surface area (TPSA) is 52.3 Å². The van der Waals surface area contributed by atoms with E-state index >= 15 is 0 Å². The highest BCUT2D eigenvalue weighted by Crippen LogP contribution is 2.09. The van der Waals surface area contributed by atoms with Gasteiger partial charge in [-0.2, -0.15) is 0 Å². The Hall–Kier alpha value is -0.570. The second kappa shape index (κ2) is 6.02. The van der Waals surface area contributed by atoms with Gasteiger partial charge in [0, 0.05) is 6.04 Å². The molecule has 0 amide bonds. The fourth-order valence-electron chi connectivity index (χ4n) is 0.820. The van der Waals surface area contributed by atoms with E-state index in [0.717, 1.165) is 0 Å². The number of carbonyl (C=O) groups excluding carboxylic acids is 1. The van der Waals surface area contributed by atoms with Crippen LogP contribution in [0.1, 0.15) is 41.0 Å². The highest BCUT2D eigenvalue weighted by molar-refractivity contribution is 5.70. The summed E-state index contributed by atoms with van der Waals surface area (Å²) in [5, 5.41) is 0. The summed E-state index contributed by atoms with van der Waals surface area (Å²) in [6, 6.07) is -0.0955. The zero-order valence-corrected chi connectivity index (χ0v) is 9.91. The molecular formula is C11H23NO2. The van der Waals surface area contributed by atoms with Crippen LogP contribution in [0.25, 0.3) is 0 Å². The molecule has 0 saturated carbocycles. The molecule has 0 heterocycles.